The second-order valence-electron chi connectivity index (χ2n) is 6.17. The largest absolute Gasteiger partial charge is 0.449 e. The predicted octanol–water partition coefficient (Wildman–Crippen LogP) is 2.78. The molecule has 1 atom stereocenters. The summed E-state index contributed by atoms with van der Waals surface area (Å²) in [6.07, 6.45) is -0.0867. The molecular formula is C20H20N2O4. The molecule has 0 unspecified atom stereocenters. The van der Waals surface area contributed by atoms with Gasteiger partial charge in [0.05, 0.1) is 5.56 Å². The highest BCUT2D eigenvalue weighted by molar-refractivity contribution is 6.00. The van der Waals surface area contributed by atoms with Crippen LogP contribution in [0, 0.1) is 0 Å². The Labute approximate surface area is 151 Å². The van der Waals surface area contributed by atoms with Crippen LogP contribution in [0.15, 0.2) is 48.5 Å². The molecule has 1 N–H and O–H groups in total. The molecule has 2 aromatic rings. The highest BCUT2D eigenvalue weighted by Gasteiger charge is 2.29. The lowest BCUT2D eigenvalue weighted by Crippen LogP contribution is -2.39. The molecule has 1 aliphatic rings. The van der Waals surface area contributed by atoms with Crippen LogP contribution in [0.25, 0.3) is 0 Å². The molecule has 134 valence electrons. The minimum Gasteiger partial charge on any atom is -0.449 e. The Bertz CT molecular complexity index is 845. The molecule has 0 bridgehead atoms. The fourth-order valence-corrected chi connectivity index (χ4v) is 2.96. The van der Waals surface area contributed by atoms with Crippen molar-refractivity contribution < 1.29 is 19.1 Å². The molecule has 0 spiro atoms. The average Bonchev–Trinajstić information content (AvgIpc) is 3.05. The number of fused-ring (bicyclic) bond motifs is 1. The average molecular weight is 352 g/mol. The predicted molar refractivity (Wildman–Crippen MR) is 98.1 cm³/mol. The van der Waals surface area contributed by atoms with Gasteiger partial charge in [0.2, 0.25) is 5.91 Å². The van der Waals surface area contributed by atoms with Crippen LogP contribution < -0.4 is 10.2 Å². The number of carbonyl (C=O) groups excluding carboxylic acids is 3. The summed E-state index contributed by atoms with van der Waals surface area (Å²) < 4.78 is 5.33. The zero-order chi connectivity index (χ0) is 18.7. The maximum atomic E-state index is 12.7. The van der Waals surface area contributed by atoms with Crippen LogP contribution in [0.2, 0.25) is 0 Å². The number of hydrogen-bond donors (Lipinski definition) is 1. The summed E-state index contributed by atoms with van der Waals surface area (Å²) in [4.78, 5) is 37.6. The maximum Gasteiger partial charge on any atom is 0.338 e. The SMILES string of the molecule is CC(=O)Nc1ccc(C(=O)O[C@@H](C)C(=O)N2CCc3ccccc32)cc1. The van der Waals surface area contributed by atoms with Gasteiger partial charge in [0.15, 0.2) is 6.10 Å². The van der Waals surface area contributed by atoms with E-state index in [9.17, 15) is 14.4 Å². The van der Waals surface area contributed by atoms with Gasteiger partial charge < -0.3 is 15.0 Å². The number of hydrogen-bond acceptors (Lipinski definition) is 4. The third kappa shape index (κ3) is 3.74. The van der Waals surface area contributed by atoms with Crippen LogP contribution >= 0.6 is 0 Å². The third-order valence-electron chi connectivity index (χ3n) is 4.23. The molecule has 0 aromatic heterocycles. The normalized spacial score (nSPS) is 13.7. The highest BCUT2D eigenvalue weighted by atomic mass is 16.5. The van der Waals surface area contributed by atoms with Crippen LogP contribution in [0.3, 0.4) is 0 Å². The lowest BCUT2D eigenvalue weighted by molar-refractivity contribution is -0.126. The van der Waals surface area contributed by atoms with Gasteiger partial charge in [-0.05, 0) is 49.2 Å². The first kappa shape index (κ1) is 17.7. The first-order valence-electron chi connectivity index (χ1n) is 8.43. The van der Waals surface area contributed by atoms with E-state index >= 15 is 0 Å². The summed E-state index contributed by atoms with van der Waals surface area (Å²) in [5, 5.41) is 2.62. The van der Waals surface area contributed by atoms with Gasteiger partial charge in [-0.3, -0.25) is 9.59 Å². The van der Waals surface area contributed by atoms with E-state index in [0.29, 0.717) is 17.8 Å². The molecule has 1 heterocycles. The number of nitrogens with zero attached hydrogens (tertiary/aromatic N) is 1. The number of para-hydroxylation sites is 1. The summed E-state index contributed by atoms with van der Waals surface area (Å²) in [5.41, 5.74) is 2.90. The van der Waals surface area contributed by atoms with Crippen molar-refractivity contribution >= 4 is 29.2 Å². The van der Waals surface area contributed by atoms with Crippen LogP contribution in [-0.4, -0.2) is 30.4 Å². The molecular weight excluding hydrogens is 332 g/mol. The number of benzene rings is 2. The van der Waals surface area contributed by atoms with Gasteiger partial charge in [0, 0.05) is 24.8 Å². The molecule has 6 heteroatoms. The van der Waals surface area contributed by atoms with E-state index < -0.39 is 12.1 Å². The van der Waals surface area contributed by atoms with Crippen molar-refractivity contribution in [2.45, 2.75) is 26.4 Å². The van der Waals surface area contributed by atoms with Crippen LogP contribution in [0.4, 0.5) is 11.4 Å². The number of carbonyl (C=O) groups is 3. The molecule has 3 rings (SSSR count). The first-order chi connectivity index (χ1) is 12.5. The molecule has 0 aliphatic carbocycles. The Morgan fingerprint density at radius 2 is 1.77 bits per heavy atom. The van der Waals surface area contributed by atoms with E-state index in [4.69, 9.17) is 4.74 Å². The van der Waals surface area contributed by atoms with Gasteiger partial charge in [-0.2, -0.15) is 0 Å². The molecule has 26 heavy (non-hydrogen) atoms. The molecule has 6 nitrogen and oxygen atoms in total. The van der Waals surface area contributed by atoms with Crippen LogP contribution in [-0.2, 0) is 20.7 Å². The summed E-state index contributed by atoms with van der Waals surface area (Å²) in [6.45, 7) is 3.57. The zero-order valence-electron chi connectivity index (χ0n) is 14.7. The van der Waals surface area contributed by atoms with Gasteiger partial charge in [-0.15, -0.1) is 0 Å². The number of amides is 2. The van der Waals surface area contributed by atoms with Crippen LogP contribution in [0.1, 0.15) is 29.8 Å². The lowest BCUT2D eigenvalue weighted by Gasteiger charge is -2.21. The Morgan fingerprint density at radius 1 is 1.08 bits per heavy atom. The summed E-state index contributed by atoms with van der Waals surface area (Å²) in [5.74, 6) is -1.00. The summed E-state index contributed by atoms with van der Waals surface area (Å²) >= 11 is 0. The van der Waals surface area contributed by atoms with Gasteiger partial charge in [0.1, 0.15) is 0 Å². The van der Waals surface area contributed by atoms with Crippen molar-refractivity contribution in [3.05, 3.63) is 59.7 Å². The smallest absolute Gasteiger partial charge is 0.338 e. The minimum absolute atomic E-state index is 0.189. The van der Waals surface area contributed by atoms with E-state index in [2.05, 4.69) is 5.32 Å². The van der Waals surface area contributed by atoms with E-state index in [1.54, 1.807) is 36.1 Å². The van der Waals surface area contributed by atoms with Gasteiger partial charge >= 0.3 is 5.97 Å². The monoisotopic (exact) mass is 352 g/mol. The van der Waals surface area contributed by atoms with Crippen molar-refractivity contribution in [3.8, 4) is 0 Å². The van der Waals surface area contributed by atoms with Crippen molar-refractivity contribution in [2.24, 2.45) is 0 Å². The maximum absolute atomic E-state index is 12.7. The number of anilines is 2. The fraction of sp³-hybridized carbons (Fsp3) is 0.250. The number of ether oxygens (including phenoxy) is 1. The van der Waals surface area contributed by atoms with Crippen molar-refractivity contribution in [3.63, 3.8) is 0 Å². The Balaban J connectivity index is 1.64. The van der Waals surface area contributed by atoms with Crippen molar-refractivity contribution in [1.29, 1.82) is 0 Å². The Morgan fingerprint density at radius 3 is 2.46 bits per heavy atom. The second kappa shape index (κ2) is 7.39. The second-order valence-corrected chi connectivity index (χ2v) is 6.17. The van der Waals surface area contributed by atoms with E-state index in [1.165, 1.54) is 6.92 Å². The quantitative estimate of drug-likeness (QED) is 0.859. The molecule has 0 saturated carbocycles. The number of rotatable bonds is 4. The highest BCUT2D eigenvalue weighted by Crippen LogP contribution is 2.28. The number of nitrogens with one attached hydrogen (secondary N) is 1. The van der Waals surface area contributed by atoms with Crippen molar-refractivity contribution in [1.82, 2.24) is 0 Å². The van der Waals surface area contributed by atoms with Gasteiger partial charge in [-0.1, -0.05) is 18.2 Å². The molecule has 2 aromatic carbocycles. The molecule has 1 aliphatic heterocycles. The van der Waals surface area contributed by atoms with Crippen LogP contribution in [0.5, 0.6) is 0 Å². The van der Waals surface area contributed by atoms with Crippen molar-refractivity contribution in [2.75, 3.05) is 16.8 Å². The Hall–Kier alpha value is -3.15. The standard InChI is InChI=1S/C20H20N2O4/c1-13(19(24)22-12-11-15-5-3-4-6-18(15)22)26-20(25)16-7-9-17(10-8-16)21-14(2)23/h3-10,13H,11-12H2,1-2H3,(H,21,23)/t13-/m0/s1. The lowest BCUT2D eigenvalue weighted by atomic mass is 10.2. The third-order valence-corrected chi connectivity index (χ3v) is 4.23. The zero-order valence-corrected chi connectivity index (χ0v) is 14.7. The molecule has 0 fully saturated rings. The minimum atomic E-state index is -0.885. The van der Waals surface area contributed by atoms with E-state index in [0.717, 1.165) is 17.7 Å². The molecule has 2 amide bonds. The first-order valence-corrected chi connectivity index (χ1v) is 8.43. The molecule has 0 saturated heterocycles. The topological polar surface area (TPSA) is 75.7 Å². The van der Waals surface area contributed by atoms with E-state index in [-0.39, 0.29) is 11.8 Å². The summed E-state index contributed by atoms with van der Waals surface area (Å²) in [7, 11) is 0. The van der Waals surface area contributed by atoms with Gasteiger partial charge in [-0.25, -0.2) is 4.79 Å². The van der Waals surface area contributed by atoms with E-state index in [1.807, 2.05) is 24.3 Å². The van der Waals surface area contributed by atoms with Gasteiger partial charge in [0.25, 0.3) is 5.91 Å². The fourth-order valence-electron chi connectivity index (χ4n) is 2.96. The molecule has 0 radical (unpaired) electrons. The summed E-state index contributed by atoms with van der Waals surface area (Å²) in [6, 6.07) is 14.1. The number of esters is 1. The Kier molecular flexibility index (Phi) is 5.02.